The van der Waals surface area contributed by atoms with Crippen molar-refractivity contribution in [1.29, 1.82) is 0 Å². The maximum Gasteiger partial charge on any atom is 0.224 e. The molecule has 1 unspecified atom stereocenters. The Hall–Kier alpha value is -0.870. The minimum absolute atomic E-state index is 0.0590. The molecule has 1 saturated carbocycles. The van der Waals surface area contributed by atoms with Gasteiger partial charge in [-0.15, -0.1) is 0 Å². The Bertz CT molecular complexity index is 457. The summed E-state index contributed by atoms with van der Waals surface area (Å²) in [5.41, 5.74) is 6.96. The first-order valence-corrected chi connectivity index (χ1v) is 7.60. The second-order valence-electron chi connectivity index (χ2n) is 5.50. The predicted octanol–water partition coefficient (Wildman–Crippen LogP) is 2.58. The largest absolute Gasteiger partial charge is 0.355 e. The Kier molecular flexibility index (Phi) is 4.63. The molecule has 0 aromatic heterocycles. The third kappa shape index (κ3) is 3.18. The highest BCUT2D eigenvalue weighted by atomic mass is 79.9. The lowest BCUT2D eigenvalue weighted by atomic mass is 9.64. The number of hydrogen-bond acceptors (Lipinski definition) is 2. The molecule has 1 amide bonds. The van der Waals surface area contributed by atoms with Gasteiger partial charge in [0, 0.05) is 28.9 Å². The van der Waals surface area contributed by atoms with Crippen molar-refractivity contribution in [2.24, 2.45) is 11.7 Å². The predicted molar refractivity (Wildman–Crippen MR) is 80.9 cm³/mol. The summed E-state index contributed by atoms with van der Waals surface area (Å²) in [5, 5.41) is 3.06. The van der Waals surface area contributed by atoms with Crippen molar-refractivity contribution in [2.45, 2.75) is 31.6 Å². The Morgan fingerprint density at radius 3 is 2.79 bits per heavy atom. The average Bonchev–Trinajstić information content (AvgIpc) is 2.36. The lowest BCUT2D eigenvalue weighted by molar-refractivity contribution is -0.124. The molecular weight excluding hydrogens is 304 g/mol. The van der Waals surface area contributed by atoms with Crippen LogP contribution in [0.1, 0.15) is 31.7 Å². The molecule has 19 heavy (non-hydrogen) atoms. The number of carbonyl (C=O) groups excluding carboxylic acids is 1. The fourth-order valence-corrected chi connectivity index (χ4v) is 2.93. The normalized spacial score (nSPS) is 18.5. The first kappa shape index (κ1) is 14.5. The summed E-state index contributed by atoms with van der Waals surface area (Å²) in [7, 11) is 0. The van der Waals surface area contributed by atoms with Crippen molar-refractivity contribution in [2.75, 3.05) is 13.1 Å². The number of nitrogens with one attached hydrogen (secondary N) is 1. The zero-order valence-corrected chi connectivity index (χ0v) is 12.9. The molecule has 3 nitrogen and oxygen atoms in total. The molecule has 4 heteroatoms. The lowest BCUT2D eigenvalue weighted by Crippen LogP contribution is -2.47. The van der Waals surface area contributed by atoms with Gasteiger partial charge < -0.3 is 11.1 Å². The van der Waals surface area contributed by atoms with E-state index in [1.54, 1.807) is 0 Å². The molecule has 1 aromatic carbocycles. The van der Waals surface area contributed by atoms with Crippen LogP contribution in [0, 0.1) is 5.92 Å². The van der Waals surface area contributed by atoms with Crippen molar-refractivity contribution in [1.82, 2.24) is 5.32 Å². The molecule has 1 aliphatic rings. The van der Waals surface area contributed by atoms with Crippen LogP contribution in [-0.2, 0) is 10.2 Å². The smallest absolute Gasteiger partial charge is 0.224 e. The Labute approximate surface area is 123 Å². The van der Waals surface area contributed by atoms with Gasteiger partial charge in [-0.05, 0) is 30.5 Å². The first-order chi connectivity index (χ1) is 9.07. The summed E-state index contributed by atoms with van der Waals surface area (Å²) >= 11 is 3.52. The van der Waals surface area contributed by atoms with Crippen LogP contribution in [0.4, 0.5) is 0 Å². The van der Waals surface area contributed by atoms with Crippen molar-refractivity contribution < 1.29 is 4.79 Å². The second kappa shape index (κ2) is 6.06. The van der Waals surface area contributed by atoms with E-state index < -0.39 is 0 Å². The molecule has 0 saturated heterocycles. The van der Waals surface area contributed by atoms with E-state index in [2.05, 4.69) is 39.4 Å². The van der Waals surface area contributed by atoms with Gasteiger partial charge in [0.25, 0.3) is 0 Å². The van der Waals surface area contributed by atoms with Crippen LogP contribution in [0.2, 0.25) is 0 Å². The Balaban J connectivity index is 2.05. The summed E-state index contributed by atoms with van der Waals surface area (Å²) in [5.74, 6) is -0.0524. The van der Waals surface area contributed by atoms with Gasteiger partial charge in [0.15, 0.2) is 0 Å². The van der Waals surface area contributed by atoms with E-state index in [0.29, 0.717) is 13.1 Å². The van der Waals surface area contributed by atoms with Gasteiger partial charge in [0.2, 0.25) is 5.91 Å². The zero-order valence-electron chi connectivity index (χ0n) is 11.3. The third-order valence-corrected chi connectivity index (χ3v) is 4.64. The van der Waals surface area contributed by atoms with Gasteiger partial charge in [0.1, 0.15) is 0 Å². The molecule has 0 radical (unpaired) electrons. The van der Waals surface area contributed by atoms with Crippen LogP contribution >= 0.6 is 15.9 Å². The standard InChI is InChI=1S/C15H21BrN2O/c1-11(9-17)14(19)18-10-15(6-3-7-15)12-4-2-5-13(16)8-12/h2,4-5,8,11H,3,6-7,9-10,17H2,1H3,(H,18,19). The fraction of sp³-hybridized carbons (Fsp3) is 0.533. The van der Waals surface area contributed by atoms with Gasteiger partial charge in [-0.1, -0.05) is 41.4 Å². The molecular formula is C15H21BrN2O. The topological polar surface area (TPSA) is 55.1 Å². The van der Waals surface area contributed by atoms with Crippen LogP contribution < -0.4 is 11.1 Å². The van der Waals surface area contributed by atoms with Crippen molar-refractivity contribution in [3.8, 4) is 0 Å². The molecule has 2 rings (SSSR count). The van der Waals surface area contributed by atoms with Crippen molar-refractivity contribution in [3.05, 3.63) is 34.3 Å². The molecule has 0 bridgehead atoms. The highest BCUT2D eigenvalue weighted by Crippen LogP contribution is 2.43. The number of hydrogen-bond donors (Lipinski definition) is 2. The molecule has 1 aliphatic carbocycles. The van der Waals surface area contributed by atoms with E-state index >= 15 is 0 Å². The van der Waals surface area contributed by atoms with Crippen molar-refractivity contribution in [3.63, 3.8) is 0 Å². The summed E-state index contributed by atoms with van der Waals surface area (Å²) in [4.78, 5) is 11.9. The van der Waals surface area contributed by atoms with E-state index in [0.717, 1.165) is 17.3 Å². The monoisotopic (exact) mass is 324 g/mol. The minimum atomic E-state index is -0.111. The fourth-order valence-electron chi connectivity index (χ4n) is 2.53. The van der Waals surface area contributed by atoms with E-state index in [-0.39, 0.29) is 17.2 Å². The highest BCUT2D eigenvalue weighted by molar-refractivity contribution is 9.10. The van der Waals surface area contributed by atoms with E-state index in [9.17, 15) is 4.79 Å². The average molecular weight is 325 g/mol. The maximum atomic E-state index is 11.9. The summed E-state index contributed by atoms with van der Waals surface area (Å²) < 4.78 is 1.10. The molecule has 0 spiro atoms. The number of carbonyl (C=O) groups is 1. The number of amides is 1. The minimum Gasteiger partial charge on any atom is -0.355 e. The van der Waals surface area contributed by atoms with Gasteiger partial charge >= 0.3 is 0 Å². The van der Waals surface area contributed by atoms with Crippen LogP contribution in [0.5, 0.6) is 0 Å². The van der Waals surface area contributed by atoms with Gasteiger partial charge in [-0.2, -0.15) is 0 Å². The number of rotatable bonds is 5. The molecule has 104 valence electrons. The SMILES string of the molecule is CC(CN)C(=O)NCC1(c2cccc(Br)c2)CCC1. The van der Waals surface area contributed by atoms with Crippen LogP contribution in [-0.4, -0.2) is 19.0 Å². The molecule has 0 aliphatic heterocycles. The number of halogens is 1. The van der Waals surface area contributed by atoms with E-state index in [1.165, 1.54) is 12.0 Å². The van der Waals surface area contributed by atoms with Crippen LogP contribution in [0.3, 0.4) is 0 Å². The second-order valence-corrected chi connectivity index (χ2v) is 6.41. The van der Waals surface area contributed by atoms with Crippen LogP contribution in [0.25, 0.3) is 0 Å². The third-order valence-electron chi connectivity index (χ3n) is 4.15. The molecule has 1 aromatic rings. The highest BCUT2D eigenvalue weighted by Gasteiger charge is 2.39. The molecule has 0 heterocycles. The Morgan fingerprint density at radius 2 is 2.26 bits per heavy atom. The maximum absolute atomic E-state index is 11.9. The van der Waals surface area contributed by atoms with Crippen LogP contribution in [0.15, 0.2) is 28.7 Å². The number of nitrogens with two attached hydrogens (primary N) is 1. The lowest BCUT2D eigenvalue weighted by Gasteiger charge is -2.43. The van der Waals surface area contributed by atoms with Gasteiger partial charge in [-0.25, -0.2) is 0 Å². The van der Waals surface area contributed by atoms with E-state index in [1.807, 2.05) is 13.0 Å². The molecule has 3 N–H and O–H groups in total. The van der Waals surface area contributed by atoms with E-state index in [4.69, 9.17) is 5.73 Å². The molecule has 1 fully saturated rings. The van der Waals surface area contributed by atoms with Gasteiger partial charge in [-0.3, -0.25) is 4.79 Å². The summed E-state index contributed by atoms with van der Waals surface area (Å²) in [6.45, 7) is 2.98. The first-order valence-electron chi connectivity index (χ1n) is 6.81. The van der Waals surface area contributed by atoms with Crippen molar-refractivity contribution >= 4 is 21.8 Å². The number of benzene rings is 1. The quantitative estimate of drug-likeness (QED) is 0.874. The Morgan fingerprint density at radius 1 is 1.53 bits per heavy atom. The summed E-state index contributed by atoms with van der Waals surface area (Å²) in [6.07, 6.45) is 3.51. The molecule has 1 atom stereocenters. The summed E-state index contributed by atoms with van der Waals surface area (Å²) in [6, 6.07) is 8.41. The zero-order chi connectivity index (χ0) is 13.9. The van der Waals surface area contributed by atoms with Gasteiger partial charge in [0.05, 0.1) is 0 Å².